The van der Waals surface area contributed by atoms with E-state index in [1.54, 1.807) is 18.2 Å². The standard InChI is InChI=1S/C25H30Cl2N2O3/c1-3-23(25(31)28-18-7-4-5-8-18)29(15-20-21(26)9-6-10-22(20)27)24(30)16-32-19-13-11-17(2)12-14-19/h6,9-14,18,23H,3-5,7-8,15-16H2,1-2H3,(H,28,31). The third kappa shape index (κ3) is 6.39. The molecule has 0 saturated heterocycles. The van der Waals surface area contributed by atoms with E-state index in [1.807, 2.05) is 38.1 Å². The van der Waals surface area contributed by atoms with Crippen LogP contribution in [0.25, 0.3) is 0 Å². The second-order valence-corrected chi connectivity index (χ2v) is 9.05. The summed E-state index contributed by atoms with van der Waals surface area (Å²) in [6.45, 7) is 3.83. The molecule has 7 heteroatoms. The molecule has 0 heterocycles. The Morgan fingerprint density at radius 2 is 1.72 bits per heavy atom. The van der Waals surface area contributed by atoms with E-state index < -0.39 is 6.04 Å². The molecule has 1 aliphatic carbocycles. The first kappa shape index (κ1) is 24.4. The number of hydrogen-bond acceptors (Lipinski definition) is 3. The number of amides is 2. The number of rotatable bonds is 9. The fraction of sp³-hybridized carbons (Fsp3) is 0.440. The number of ether oxygens (including phenoxy) is 1. The van der Waals surface area contributed by atoms with Gasteiger partial charge >= 0.3 is 0 Å². The van der Waals surface area contributed by atoms with E-state index in [2.05, 4.69) is 5.32 Å². The van der Waals surface area contributed by atoms with E-state index in [9.17, 15) is 9.59 Å². The zero-order valence-corrected chi connectivity index (χ0v) is 20.1. The minimum atomic E-state index is -0.642. The first-order valence-electron chi connectivity index (χ1n) is 11.1. The molecule has 1 unspecified atom stereocenters. The van der Waals surface area contributed by atoms with Crippen LogP contribution >= 0.6 is 23.2 Å². The van der Waals surface area contributed by atoms with E-state index in [0.717, 1.165) is 31.2 Å². The lowest BCUT2D eigenvalue weighted by molar-refractivity contribution is -0.143. The smallest absolute Gasteiger partial charge is 0.261 e. The predicted octanol–water partition coefficient (Wildman–Crippen LogP) is 5.55. The molecule has 0 bridgehead atoms. The van der Waals surface area contributed by atoms with Gasteiger partial charge in [-0.3, -0.25) is 9.59 Å². The number of hydrogen-bond donors (Lipinski definition) is 1. The van der Waals surface area contributed by atoms with Gasteiger partial charge in [0.25, 0.3) is 5.91 Å². The molecular weight excluding hydrogens is 447 g/mol. The van der Waals surface area contributed by atoms with Gasteiger partial charge in [-0.05, 0) is 50.5 Å². The van der Waals surface area contributed by atoms with Crippen LogP contribution < -0.4 is 10.1 Å². The number of carbonyl (C=O) groups excluding carboxylic acids is 2. The Kier molecular flexibility index (Phi) is 8.83. The lowest BCUT2D eigenvalue weighted by Gasteiger charge is -2.32. The van der Waals surface area contributed by atoms with Crippen LogP contribution in [-0.4, -0.2) is 35.4 Å². The lowest BCUT2D eigenvalue weighted by Crippen LogP contribution is -2.52. The minimum Gasteiger partial charge on any atom is -0.484 e. The van der Waals surface area contributed by atoms with Crippen LogP contribution in [-0.2, 0) is 16.1 Å². The van der Waals surface area contributed by atoms with Crippen molar-refractivity contribution in [1.82, 2.24) is 10.2 Å². The molecule has 0 spiro atoms. The average molecular weight is 477 g/mol. The highest BCUT2D eigenvalue weighted by Crippen LogP contribution is 2.27. The van der Waals surface area contributed by atoms with E-state index >= 15 is 0 Å². The van der Waals surface area contributed by atoms with Gasteiger partial charge in [-0.1, -0.05) is 66.7 Å². The van der Waals surface area contributed by atoms with Crippen molar-refractivity contribution in [2.24, 2.45) is 0 Å². The Balaban J connectivity index is 1.80. The van der Waals surface area contributed by atoms with Crippen molar-refractivity contribution < 1.29 is 14.3 Å². The van der Waals surface area contributed by atoms with Crippen LogP contribution in [0.1, 0.15) is 50.2 Å². The Hall–Kier alpha value is -2.24. The Morgan fingerprint density at radius 3 is 2.31 bits per heavy atom. The van der Waals surface area contributed by atoms with Crippen molar-refractivity contribution in [3.63, 3.8) is 0 Å². The number of benzene rings is 2. The maximum atomic E-state index is 13.3. The maximum absolute atomic E-state index is 13.3. The SMILES string of the molecule is CCC(C(=O)NC1CCCC1)N(Cc1c(Cl)cccc1Cl)C(=O)COc1ccc(C)cc1. The summed E-state index contributed by atoms with van der Waals surface area (Å²) in [7, 11) is 0. The van der Waals surface area contributed by atoms with Crippen LogP contribution in [0.4, 0.5) is 0 Å². The van der Waals surface area contributed by atoms with Crippen molar-refractivity contribution in [2.75, 3.05) is 6.61 Å². The van der Waals surface area contributed by atoms with E-state index in [0.29, 0.717) is 27.8 Å². The molecule has 0 aromatic heterocycles. The van der Waals surface area contributed by atoms with Gasteiger partial charge in [0.2, 0.25) is 5.91 Å². The highest BCUT2D eigenvalue weighted by atomic mass is 35.5. The third-order valence-electron chi connectivity index (χ3n) is 5.86. The fourth-order valence-corrected chi connectivity index (χ4v) is 4.52. The fourth-order valence-electron chi connectivity index (χ4n) is 4.00. The molecule has 0 radical (unpaired) electrons. The highest BCUT2D eigenvalue weighted by Gasteiger charge is 2.31. The molecule has 1 saturated carbocycles. The second-order valence-electron chi connectivity index (χ2n) is 8.24. The van der Waals surface area contributed by atoms with E-state index in [-0.39, 0.29) is 31.0 Å². The molecule has 2 aromatic rings. The van der Waals surface area contributed by atoms with Crippen LogP contribution in [0, 0.1) is 6.92 Å². The Morgan fingerprint density at radius 1 is 1.09 bits per heavy atom. The van der Waals surface area contributed by atoms with Crippen molar-refractivity contribution in [1.29, 1.82) is 0 Å². The quantitative estimate of drug-likeness (QED) is 0.516. The van der Waals surface area contributed by atoms with Gasteiger partial charge in [-0.15, -0.1) is 0 Å². The first-order chi connectivity index (χ1) is 15.4. The summed E-state index contributed by atoms with van der Waals surface area (Å²) in [5, 5.41) is 4.04. The summed E-state index contributed by atoms with van der Waals surface area (Å²) in [6.07, 6.45) is 4.65. The summed E-state index contributed by atoms with van der Waals surface area (Å²) in [4.78, 5) is 28.0. The molecule has 1 N–H and O–H groups in total. The summed E-state index contributed by atoms with van der Waals surface area (Å²) >= 11 is 12.8. The second kappa shape index (κ2) is 11.6. The number of nitrogens with one attached hydrogen (secondary N) is 1. The molecule has 3 rings (SSSR count). The zero-order valence-electron chi connectivity index (χ0n) is 18.6. The van der Waals surface area contributed by atoms with Crippen molar-refractivity contribution in [3.05, 3.63) is 63.6 Å². The molecule has 2 amide bonds. The molecule has 0 aliphatic heterocycles. The summed E-state index contributed by atoms with van der Waals surface area (Å²) in [5.41, 5.74) is 1.72. The van der Waals surface area contributed by atoms with Crippen LogP contribution in [0.2, 0.25) is 10.0 Å². The lowest BCUT2D eigenvalue weighted by atomic mass is 10.1. The van der Waals surface area contributed by atoms with Gasteiger partial charge in [-0.2, -0.15) is 0 Å². The van der Waals surface area contributed by atoms with E-state index in [1.165, 1.54) is 4.90 Å². The molecular formula is C25H30Cl2N2O3. The monoisotopic (exact) mass is 476 g/mol. The van der Waals surface area contributed by atoms with Gasteiger partial charge in [0.05, 0.1) is 0 Å². The van der Waals surface area contributed by atoms with Crippen LogP contribution in [0.15, 0.2) is 42.5 Å². The van der Waals surface area contributed by atoms with E-state index in [4.69, 9.17) is 27.9 Å². The summed E-state index contributed by atoms with van der Waals surface area (Å²) in [6, 6.07) is 12.2. The molecule has 5 nitrogen and oxygen atoms in total. The van der Waals surface area contributed by atoms with Gasteiger partial charge in [0.15, 0.2) is 6.61 Å². The highest BCUT2D eigenvalue weighted by molar-refractivity contribution is 6.36. The van der Waals surface area contributed by atoms with Gasteiger partial charge < -0.3 is 15.0 Å². The summed E-state index contributed by atoms with van der Waals surface area (Å²) in [5.74, 6) is 0.157. The first-order valence-corrected chi connectivity index (χ1v) is 11.9. The van der Waals surface area contributed by atoms with Crippen molar-refractivity contribution in [2.45, 2.75) is 64.6 Å². The number of carbonyl (C=O) groups is 2. The molecule has 1 aliphatic rings. The van der Waals surface area contributed by atoms with Gasteiger partial charge in [0, 0.05) is 28.2 Å². The largest absolute Gasteiger partial charge is 0.484 e. The van der Waals surface area contributed by atoms with Gasteiger partial charge in [-0.25, -0.2) is 0 Å². The number of halogens is 2. The summed E-state index contributed by atoms with van der Waals surface area (Å²) < 4.78 is 5.72. The Labute approximate surface area is 200 Å². The van der Waals surface area contributed by atoms with Crippen LogP contribution in [0.5, 0.6) is 5.75 Å². The molecule has 1 fully saturated rings. The molecule has 2 aromatic carbocycles. The topological polar surface area (TPSA) is 58.6 Å². The maximum Gasteiger partial charge on any atom is 0.261 e. The number of nitrogens with zero attached hydrogens (tertiary/aromatic N) is 1. The van der Waals surface area contributed by atoms with Crippen molar-refractivity contribution >= 4 is 35.0 Å². The normalized spacial score (nSPS) is 14.8. The van der Waals surface area contributed by atoms with Gasteiger partial charge in [0.1, 0.15) is 11.8 Å². The predicted molar refractivity (Wildman–Crippen MR) is 128 cm³/mol. The molecule has 172 valence electrons. The van der Waals surface area contributed by atoms with Crippen molar-refractivity contribution in [3.8, 4) is 5.75 Å². The third-order valence-corrected chi connectivity index (χ3v) is 6.57. The number of aryl methyl sites for hydroxylation is 1. The molecule has 1 atom stereocenters. The minimum absolute atomic E-state index is 0.130. The molecule has 32 heavy (non-hydrogen) atoms. The Bertz CT molecular complexity index is 907. The van der Waals surface area contributed by atoms with Crippen LogP contribution in [0.3, 0.4) is 0 Å². The zero-order chi connectivity index (χ0) is 23.1. The average Bonchev–Trinajstić information content (AvgIpc) is 3.28.